The standard InChI is InChI=1S/C24H30N8O2/c1-5-31-12-14(2)34-24-23(16(4)26-29-24)20-10-18-19(27-28-21(18)11-25-20)7-6-17-15(3)30-32(8-9-33)22(17)13-31/h6-7,10-11,14,33H,5,8-9,12-13H2,1-4H3,(H,26,29)(H,27,28)/b7-6+/t14-/m1/s1. The van der Waals surface area contributed by atoms with Crippen molar-refractivity contribution in [1.29, 1.82) is 0 Å². The van der Waals surface area contributed by atoms with Gasteiger partial charge >= 0.3 is 0 Å². The Bertz CT molecular complexity index is 1350. The van der Waals surface area contributed by atoms with E-state index >= 15 is 0 Å². The SMILES string of the molecule is CCN1Cc2c(c(C)nn2CCO)/C=C/c2n[nH]c3cnc(cc23)-c2c(n[nH]c2C)O[C@H](C)C1. The van der Waals surface area contributed by atoms with Crippen LogP contribution >= 0.6 is 0 Å². The summed E-state index contributed by atoms with van der Waals surface area (Å²) in [5.41, 5.74) is 7.25. The number of aryl methyl sites for hydroxylation is 2. The van der Waals surface area contributed by atoms with E-state index in [1.807, 2.05) is 30.7 Å². The van der Waals surface area contributed by atoms with Gasteiger partial charge in [-0.1, -0.05) is 6.92 Å². The van der Waals surface area contributed by atoms with E-state index in [0.717, 1.165) is 57.0 Å². The highest BCUT2D eigenvalue weighted by Gasteiger charge is 2.22. The molecule has 1 aliphatic rings. The molecule has 4 aromatic heterocycles. The minimum atomic E-state index is -0.103. The third-order valence-corrected chi connectivity index (χ3v) is 6.30. The highest BCUT2D eigenvalue weighted by molar-refractivity contribution is 5.92. The number of rotatable bonds is 3. The maximum absolute atomic E-state index is 9.61. The van der Waals surface area contributed by atoms with Crippen molar-refractivity contribution in [3.05, 3.63) is 40.6 Å². The average Bonchev–Trinajstić information content (AvgIpc) is 3.47. The average molecular weight is 463 g/mol. The molecule has 0 aliphatic carbocycles. The summed E-state index contributed by atoms with van der Waals surface area (Å²) >= 11 is 0. The number of nitrogens with one attached hydrogen (secondary N) is 2. The van der Waals surface area contributed by atoms with Gasteiger partial charge in [0.15, 0.2) is 0 Å². The Balaban J connectivity index is 1.69. The van der Waals surface area contributed by atoms with Crippen LogP contribution in [-0.4, -0.2) is 71.0 Å². The molecule has 0 saturated heterocycles. The summed E-state index contributed by atoms with van der Waals surface area (Å²) in [5, 5.41) is 30.3. The minimum absolute atomic E-state index is 0.0317. The van der Waals surface area contributed by atoms with E-state index in [2.05, 4.69) is 50.2 Å². The molecular formula is C24H30N8O2. The quantitative estimate of drug-likeness (QED) is 0.428. The highest BCUT2D eigenvalue weighted by atomic mass is 16.5. The second-order valence-electron chi connectivity index (χ2n) is 8.73. The first-order chi connectivity index (χ1) is 16.5. The fourth-order valence-corrected chi connectivity index (χ4v) is 4.57. The number of likely N-dealkylation sites (N-methyl/N-ethyl adjacent to an activating group) is 1. The second-order valence-corrected chi connectivity index (χ2v) is 8.73. The van der Waals surface area contributed by atoms with Gasteiger partial charge in [-0.15, -0.1) is 5.10 Å². The number of aromatic nitrogens is 7. The highest BCUT2D eigenvalue weighted by Crippen LogP contribution is 2.33. The number of pyridine rings is 1. The topological polar surface area (TPSA) is 121 Å². The molecule has 0 unspecified atom stereocenters. The van der Waals surface area contributed by atoms with Crippen LogP contribution in [0.15, 0.2) is 12.3 Å². The lowest BCUT2D eigenvalue weighted by molar-refractivity contribution is 0.138. The van der Waals surface area contributed by atoms with Crippen molar-refractivity contribution in [3.63, 3.8) is 0 Å². The van der Waals surface area contributed by atoms with Crippen molar-refractivity contribution in [1.82, 2.24) is 40.1 Å². The van der Waals surface area contributed by atoms with Crippen LogP contribution in [-0.2, 0) is 13.1 Å². The van der Waals surface area contributed by atoms with Crippen LogP contribution in [0.4, 0.5) is 0 Å². The maximum atomic E-state index is 9.61. The fraction of sp³-hybridized carbons (Fsp3) is 0.417. The Kier molecular flexibility index (Phi) is 5.93. The molecule has 178 valence electrons. The smallest absolute Gasteiger partial charge is 0.242 e. The van der Waals surface area contributed by atoms with Crippen molar-refractivity contribution in [2.24, 2.45) is 0 Å². The number of aliphatic hydroxyl groups excluding tert-OH is 1. The number of aliphatic hydroxyl groups is 1. The summed E-state index contributed by atoms with van der Waals surface area (Å²) in [7, 11) is 0. The second kappa shape index (κ2) is 9.03. The monoisotopic (exact) mass is 462 g/mol. The Morgan fingerprint density at radius 2 is 2.06 bits per heavy atom. The molecule has 5 heterocycles. The normalized spacial score (nSPS) is 17.7. The molecule has 0 saturated carbocycles. The van der Waals surface area contributed by atoms with Crippen LogP contribution in [0.3, 0.4) is 0 Å². The van der Waals surface area contributed by atoms with E-state index < -0.39 is 0 Å². The number of hydrogen-bond donors (Lipinski definition) is 3. The van der Waals surface area contributed by atoms with E-state index in [1.165, 1.54) is 0 Å². The number of fused-ring (bicyclic) bond motifs is 4. The number of aromatic amines is 2. The molecule has 0 aromatic carbocycles. The maximum Gasteiger partial charge on any atom is 0.242 e. The van der Waals surface area contributed by atoms with Crippen LogP contribution < -0.4 is 4.74 Å². The molecular weight excluding hydrogens is 432 g/mol. The molecule has 0 fully saturated rings. The number of H-pyrrole nitrogens is 2. The van der Waals surface area contributed by atoms with Crippen molar-refractivity contribution < 1.29 is 9.84 Å². The largest absolute Gasteiger partial charge is 0.472 e. The molecule has 2 bridgehead atoms. The van der Waals surface area contributed by atoms with Gasteiger partial charge in [0.2, 0.25) is 5.88 Å². The molecule has 1 atom stereocenters. The Morgan fingerprint density at radius 3 is 2.85 bits per heavy atom. The molecule has 5 rings (SSSR count). The van der Waals surface area contributed by atoms with E-state index in [1.54, 1.807) is 6.20 Å². The molecule has 3 N–H and O–H groups in total. The minimum Gasteiger partial charge on any atom is -0.472 e. The van der Waals surface area contributed by atoms with Gasteiger partial charge in [-0.2, -0.15) is 10.2 Å². The zero-order chi connectivity index (χ0) is 23.8. The van der Waals surface area contributed by atoms with Gasteiger partial charge in [0.1, 0.15) is 6.10 Å². The third-order valence-electron chi connectivity index (χ3n) is 6.30. The summed E-state index contributed by atoms with van der Waals surface area (Å²) < 4.78 is 8.22. The van der Waals surface area contributed by atoms with E-state index in [4.69, 9.17) is 9.84 Å². The van der Waals surface area contributed by atoms with Crippen molar-refractivity contribution in [3.8, 4) is 17.1 Å². The van der Waals surface area contributed by atoms with Crippen molar-refractivity contribution >= 4 is 23.1 Å². The predicted octanol–water partition coefficient (Wildman–Crippen LogP) is 2.93. The lowest BCUT2D eigenvalue weighted by atomic mass is 10.1. The third kappa shape index (κ3) is 3.99. The summed E-state index contributed by atoms with van der Waals surface area (Å²) in [6.07, 6.45) is 5.77. The number of hydrogen-bond acceptors (Lipinski definition) is 7. The van der Waals surface area contributed by atoms with Crippen LogP contribution in [0, 0.1) is 13.8 Å². The first kappa shape index (κ1) is 22.3. The summed E-state index contributed by atoms with van der Waals surface area (Å²) in [6.45, 7) is 10.9. The van der Waals surface area contributed by atoms with Gasteiger partial charge in [-0.3, -0.25) is 24.8 Å². The van der Waals surface area contributed by atoms with Gasteiger partial charge in [-0.25, -0.2) is 0 Å². The lowest BCUT2D eigenvalue weighted by Gasteiger charge is -2.25. The zero-order valence-corrected chi connectivity index (χ0v) is 20.0. The lowest BCUT2D eigenvalue weighted by Crippen LogP contribution is -2.34. The first-order valence-electron chi connectivity index (χ1n) is 11.6. The molecule has 10 heteroatoms. The van der Waals surface area contributed by atoms with Crippen molar-refractivity contribution in [2.45, 2.75) is 46.9 Å². The predicted molar refractivity (Wildman–Crippen MR) is 130 cm³/mol. The van der Waals surface area contributed by atoms with Gasteiger partial charge < -0.3 is 9.84 Å². The van der Waals surface area contributed by atoms with E-state index in [-0.39, 0.29) is 12.7 Å². The van der Waals surface area contributed by atoms with Crippen molar-refractivity contribution in [2.75, 3.05) is 19.7 Å². The molecule has 0 amide bonds. The Labute approximate surface area is 197 Å². The molecule has 0 spiro atoms. The van der Waals surface area contributed by atoms with Gasteiger partial charge in [0.25, 0.3) is 0 Å². The summed E-state index contributed by atoms with van der Waals surface area (Å²) in [5.74, 6) is 0.546. The molecule has 4 aromatic rings. The Morgan fingerprint density at radius 1 is 1.21 bits per heavy atom. The molecule has 34 heavy (non-hydrogen) atoms. The van der Waals surface area contributed by atoms with Crippen LogP contribution in [0.1, 0.15) is 42.2 Å². The van der Waals surface area contributed by atoms with Crippen LogP contribution in [0.25, 0.3) is 34.3 Å². The molecule has 10 nitrogen and oxygen atoms in total. The summed E-state index contributed by atoms with van der Waals surface area (Å²) in [6, 6.07) is 2.02. The first-order valence-corrected chi connectivity index (χ1v) is 11.6. The van der Waals surface area contributed by atoms with Gasteiger partial charge in [-0.05, 0) is 45.5 Å². The Hall–Kier alpha value is -3.50. The van der Waals surface area contributed by atoms with Gasteiger partial charge in [0.05, 0.1) is 53.2 Å². The number of ether oxygens (including phenoxy) is 1. The fourth-order valence-electron chi connectivity index (χ4n) is 4.57. The number of nitrogens with zero attached hydrogens (tertiary/aromatic N) is 6. The van der Waals surface area contributed by atoms with Crippen LogP contribution in [0.2, 0.25) is 0 Å². The van der Waals surface area contributed by atoms with Gasteiger partial charge in [0, 0.05) is 29.7 Å². The van der Waals surface area contributed by atoms with E-state index in [9.17, 15) is 5.11 Å². The zero-order valence-electron chi connectivity index (χ0n) is 20.0. The van der Waals surface area contributed by atoms with E-state index in [0.29, 0.717) is 25.5 Å². The summed E-state index contributed by atoms with van der Waals surface area (Å²) in [4.78, 5) is 6.97. The van der Waals surface area contributed by atoms with Crippen LogP contribution in [0.5, 0.6) is 5.88 Å². The molecule has 1 aliphatic heterocycles. The molecule has 0 radical (unpaired) electrons.